The zero-order chi connectivity index (χ0) is 25.1. The van der Waals surface area contributed by atoms with Crippen molar-refractivity contribution in [3.05, 3.63) is 58.6 Å². The molecule has 0 bridgehead atoms. The van der Waals surface area contributed by atoms with E-state index < -0.39 is 6.09 Å². The SMILES string of the molecule is CCCCCCCCCCCCCCc1cc(Cl)c(C)cc1OCCOC(=O)Nc1[c]cccc1. The van der Waals surface area contributed by atoms with Crippen LogP contribution in [0.15, 0.2) is 36.4 Å². The molecule has 0 heterocycles. The van der Waals surface area contributed by atoms with Crippen LogP contribution in [0.4, 0.5) is 10.5 Å². The summed E-state index contributed by atoms with van der Waals surface area (Å²) >= 11 is 6.38. The van der Waals surface area contributed by atoms with Crippen molar-refractivity contribution in [3.8, 4) is 5.75 Å². The minimum atomic E-state index is -0.514. The Morgan fingerprint density at radius 1 is 0.914 bits per heavy atom. The lowest BCUT2D eigenvalue weighted by Gasteiger charge is -2.14. The molecule has 0 saturated heterocycles. The predicted octanol–water partition coefficient (Wildman–Crippen LogP) is 9.32. The molecule has 0 aromatic heterocycles. The second-order valence-electron chi connectivity index (χ2n) is 9.23. The fraction of sp³-hybridized carbons (Fsp3) is 0.567. The molecule has 2 rings (SSSR count). The Labute approximate surface area is 217 Å². The Kier molecular flexibility index (Phi) is 15.0. The Morgan fingerprint density at radius 2 is 1.57 bits per heavy atom. The fourth-order valence-corrected chi connectivity index (χ4v) is 4.27. The second-order valence-corrected chi connectivity index (χ2v) is 9.64. The lowest BCUT2D eigenvalue weighted by molar-refractivity contribution is 0.137. The van der Waals surface area contributed by atoms with Crippen molar-refractivity contribution in [1.82, 2.24) is 0 Å². The summed E-state index contributed by atoms with van der Waals surface area (Å²) in [6.45, 7) is 4.70. The molecular weight excluding hydrogens is 458 g/mol. The number of anilines is 1. The standard InChI is InChI=1S/C30H43ClNO3/c1-3-4-5-6-7-8-9-10-11-12-13-15-18-26-24-28(31)25(2)23-29(26)34-21-22-35-30(33)32-27-19-16-14-17-20-27/h14,16-17,19,23-24H,3-13,15,18,21-22H2,1-2H3,(H,32,33). The third kappa shape index (κ3) is 12.9. The monoisotopic (exact) mass is 500 g/mol. The number of carbonyl (C=O) groups excluding carboxylic acids is 1. The van der Waals surface area contributed by atoms with Crippen molar-refractivity contribution in [1.29, 1.82) is 0 Å². The summed E-state index contributed by atoms with van der Waals surface area (Å²) < 4.78 is 11.2. The smallest absolute Gasteiger partial charge is 0.411 e. The van der Waals surface area contributed by atoms with Crippen LogP contribution in [-0.4, -0.2) is 19.3 Å². The fourth-order valence-electron chi connectivity index (χ4n) is 4.09. The van der Waals surface area contributed by atoms with E-state index in [0.717, 1.165) is 34.7 Å². The molecule has 193 valence electrons. The average molecular weight is 501 g/mol. The van der Waals surface area contributed by atoms with Crippen molar-refractivity contribution < 1.29 is 14.3 Å². The number of hydrogen-bond donors (Lipinski definition) is 1. The molecule has 2 aromatic carbocycles. The van der Waals surface area contributed by atoms with E-state index >= 15 is 0 Å². The van der Waals surface area contributed by atoms with Gasteiger partial charge in [-0.3, -0.25) is 5.32 Å². The van der Waals surface area contributed by atoms with E-state index in [9.17, 15) is 4.79 Å². The highest BCUT2D eigenvalue weighted by Crippen LogP contribution is 2.28. The number of carbonyl (C=O) groups is 1. The quantitative estimate of drug-likeness (QED) is 0.207. The summed E-state index contributed by atoms with van der Waals surface area (Å²) in [5, 5.41) is 3.41. The summed E-state index contributed by atoms with van der Waals surface area (Å²) in [5.74, 6) is 0.829. The largest absolute Gasteiger partial charge is 0.490 e. The van der Waals surface area contributed by atoms with Crippen LogP contribution in [0, 0.1) is 13.0 Å². The topological polar surface area (TPSA) is 47.6 Å². The number of unbranched alkanes of at least 4 members (excludes halogenated alkanes) is 11. The summed E-state index contributed by atoms with van der Waals surface area (Å²) in [7, 11) is 0. The maximum absolute atomic E-state index is 11.9. The van der Waals surface area contributed by atoms with Crippen LogP contribution in [0.2, 0.25) is 5.02 Å². The summed E-state index contributed by atoms with van der Waals surface area (Å²) in [6.07, 6.45) is 16.4. The average Bonchev–Trinajstić information content (AvgIpc) is 2.85. The van der Waals surface area contributed by atoms with Gasteiger partial charge >= 0.3 is 6.09 Å². The van der Waals surface area contributed by atoms with Crippen LogP contribution >= 0.6 is 11.6 Å². The van der Waals surface area contributed by atoms with Gasteiger partial charge in [-0.05, 0) is 49.1 Å². The lowest BCUT2D eigenvalue weighted by atomic mass is 10.0. The van der Waals surface area contributed by atoms with Crippen molar-refractivity contribution in [2.75, 3.05) is 18.5 Å². The number of rotatable bonds is 18. The Bertz CT molecular complexity index is 841. The summed E-state index contributed by atoms with van der Waals surface area (Å²) in [4.78, 5) is 11.9. The minimum Gasteiger partial charge on any atom is -0.490 e. The van der Waals surface area contributed by atoms with E-state index in [2.05, 4.69) is 18.3 Å². The number of benzene rings is 2. The van der Waals surface area contributed by atoms with E-state index in [4.69, 9.17) is 21.1 Å². The molecule has 2 aromatic rings. The number of aryl methyl sites for hydroxylation is 2. The van der Waals surface area contributed by atoms with Crippen LogP contribution in [0.1, 0.15) is 95.1 Å². The van der Waals surface area contributed by atoms with E-state index in [1.807, 2.05) is 31.2 Å². The highest BCUT2D eigenvalue weighted by atomic mass is 35.5. The zero-order valence-corrected chi connectivity index (χ0v) is 22.4. The lowest BCUT2D eigenvalue weighted by Crippen LogP contribution is -2.18. The number of hydrogen-bond acceptors (Lipinski definition) is 3. The molecule has 0 aliphatic carbocycles. The molecule has 1 radical (unpaired) electrons. The van der Waals surface area contributed by atoms with Gasteiger partial charge in [0, 0.05) is 11.1 Å². The van der Waals surface area contributed by atoms with Gasteiger partial charge in [0.25, 0.3) is 0 Å². The summed E-state index contributed by atoms with van der Waals surface area (Å²) in [6, 6.07) is 14.1. The van der Waals surface area contributed by atoms with Gasteiger partial charge in [-0.15, -0.1) is 0 Å². The molecule has 35 heavy (non-hydrogen) atoms. The second kappa shape index (κ2) is 18.1. The van der Waals surface area contributed by atoms with Crippen LogP contribution in [0.3, 0.4) is 0 Å². The number of nitrogens with one attached hydrogen (secondary N) is 1. The molecule has 0 spiro atoms. The molecular formula is C30H43ClNO3. The van der Waals surface area contributed by atoms with E-state index in [1.165, 1.54) is 70.6 Å². The molecule has 0 saturated carbocycles. The van der Waals surface area contributed by atoms with E-state index in [1.54, 1.807) is 12.1 Å². The van der Waals surface area contributed by atoms with Crippen LogP contribution in [0.25, 0.3) is 0 Å². The Balaban J connectivity index is 1.62. The van der Waals surface area contributed by atoms with Crippen LogP contribution in [0.5, 0.6) is 5.75 Å². The first-order chi connectivity index (χ1) is 17.1. The molecule has 1 N–H and O–H groups in total. The third-order valence-corrected chi connectivity index (χ3v) is 6.57. The highest BCUT2D eigenvalue weighted by Gasteiger charge is 2.09. The van der Waals surface area contributed by atoms with Gasteiger partial charge in [0.15, 0.2) is 0 Å². The number of ether oxygens (including phenoxy) is 2. The minimum absolute atomic E-state index is 0.165. The Morgan fingerprint density at radius 3 is 2.20 bits per heavy atom. The third-order valence-electron chi connectivity index (χ3n) is 6.16. The van der Waals surface area contributed by atoms with E-state index in [0.29, 0.717) is 12.3 Å². The number of amides is 1. The van der Waals surface area contributed by atoms with Gasteiger partial charge in [-0.1, -0.05) is 107 Å². The van der Waals surface area contributed by atoms with Gasteiger partial charge in [-0.2, -0.15) is 0 Å². The van der Waals surface area contributed by atoms with Gasteiger partial charge in [0.05, 0.1) is 5.69 Å². The molecule has 0 unspecified atom stereocenters. The first-order valence-electron chi connectivity index (χ1n) is 13.4. The number of para-hydroxylation sites is 1. The van der Waals surface area contributed by atoms with Crippen molar-refractivity contribution in [2.45, 2.75) is 97.3 Å². The van der Waals surface area contributed by atoms with Crippen molar-refractivity contribution in [2.24, 2.45) is 0 Å². The first kappa shape index (κ1) is 29.0. The molecule has 0 aliphatic rings. The molecule has 0 aliphatic heterocycles. The van der Waals surface area contributed by atoms with Crippen LogP contribution < -0.4 is 10.1 Å². The highest BCUT2D eigenvalue weighted by molar-refractivity contribution is 6.31. The van der Waals surface area contributed by atoms with Crippen LogP contribution in [-0.2, 0) is 11.2 Å². The maximum Gasteiger partial charge on any atom is 0.411 e. The molecule has 5 heteroatoms. The van der Waals surface area contributed by atoms with Gasteiger partial charge in [0.1, 0.15) is 19.0 Å². The molecule has 0 fully saturated rings. The van der Waals surface area contributed by atoms with Gasteiger partial charge in [-0.25, -0.2) is 4.79 Å². The van der Waals surface area contributed by atoms with E-state index in [-0.39, 0.29) is 6.61 Å². The molecule has 4 nitrogen and oxygen atoms in total. The Hall–Kier alpha value is -2.20. The number of halogens is 1. The molecule has 1 amide bonds. The van der Waals surface area contributed by atoms with Crippen molar-refractivity contribution >= 4 is 23.4 Å². The van der Waals surface area contributed by atoms with Gasteiger partial charge in [0.2, 0.25) is 0 Å². The zero-order valence-electron chi connectivity index (χ0n) is 21.7. The molecule has 0 atom stereocenters. The predicted molar refractivity (Wildman–Crippen MR) is 147 cm³/mol. The van der Waals surface area contributed by atoms with Gasteiger partial charge < -0.3 is 9.47 Å². The van der Waals surface area contributed by atoms with Crippen molar-refractivity contribution in [3.63, 3.8) is 0 Å². The maximum atomic E-state index is 11.9. The summed E-state index contributed by atoms with van der Waals surface area (Å²) in [5.41, 5.74) is 2.69. The first-order valence-corrected chi connectivity index (χ1v) is 13.8. The normalized spacial score (nSPS) is 10.8.